The maximum absolute atomic E-state index is 12.2. The van der Waals surface area contributed by atoms with Crippen LogP contribution in [0.3, 0.4) is 0 Å². The largest absolute Gasteiger partial charge is 0.480 e. The number of H-pyrrole nitrogens is 1. The number of hydrogen-bond acceptors (Lipinski definition) is 4. The number of aromatic nitrogens is 2. The van der Waals surface area contributed by atoms with Crippen LogP contribution >= 0.6 is 0 Å². The molecule has 1 aromatic carbocycles. The fourth-order valence-electron chi connectivity index (χ4n) is 2.56. The Morgan fingerprint density at radius 3 is 2.65 bits per heavy atom. The van der Waals surface area contributed by atoms with Gasteiger partial charge in [0.2, 0.25) is 0 Å². The second-order valence-corrected chi connectivity index (χ2v) is 4.95. The second-order valence-electron chi connectivity index (χ2n) is 4.95. The van der Waals surface area contributed by atoms with Gasteiger partial charge < -0.3 is 15.5 Å². The van der Waals surface area contributed by atoms with E-state index in [-0.39, 0.29) is 11.1 Å². The summed E-state index contributed by atoms with van der Waals surface area (Å²) in [5.74, 6) is -2.07. The quantitative estimate of drug-likeness (QED) is 0.543. The van der Waals surface area contributed by atoms with Crippen molar-refractivity contribution in [3.63, 3.8) is 0 Å². The van der Waals surface area contributed by atoms with Crippen molar-refractivity contribution in [2.45, 2.75) is 6.61 Å². The smallest absolute Gasteiger partial charge is 0.322 e. The van der Waals surface area contributed by atoms with Crippen LogP contribution in [0.5, 0.6) is 0 Å². The first kappa shape index (κ1) is 14.8. The summed E-state index contributed by atoms with van der Waals surface area (Å²) in [6.07, 6.45) is 0. The van der Waals surface area contributed by atoms with E-state index in [0.29, 0.717) is 5.52 Å². The summed E-state index contributed by atoms with van der Waals surface area (Å²) in [4.78, 5) is 34.9. The number of hydrogen-bond donors (Lipinski definition) is 4. The van der Waals surface area contributed by atoms with E-state index in [1.54, 1.807) is 18.2 Å². The molecule has 0 saturated heterocycles. The number of aliphatic hydroxyl groups excluding tert-OH is 1. The van der Waals surface area contributed by atoms with Crippen molar-refractivity contribution in [2.24, 2.45) is 0 Å². The molecule has 0 aliphatic heterocycles. The number of para-hydroxylation sites is 1. The average molecular weight is 315 g/mol. The molecule has 3 aromatic rings. The maximum Gasteiger partial charge on any atom is 0.322 e. The highest BCUT2D eigenvalue weighted by molar-refractivity contribution is 5.99. The van der Waals surface area contributed by atoms with Crippen LogP contribution in [0.25, 0.3) is 16.4 Å². The zero-order chi connectivity index (χ0) is 16.6. The minimum atomic E-state index is -1.23. The first-order valence-corrected chi connectivity index (χ1v) is 6.79. The van der Waals surface area contributed by atoms with Gasteiger partial charge >= 0.3 is 5.97 Å². The van der Waals surface area contributed by atoms with Crippen molar-refractivity contribution in [2.75, 3.05) is 6.54 Å². The molecule has 1 amide bonds. The van der Waals surface area contributed by atoms with E-state index >= 15 is 0 Å². The Bertz CT molecular complexity index is 986. The first-order chi connectivity index (χ1) is 11.0. The molecule has 3 rings (SSSR count). The Morgan fingerprint density at radius 2 is 1.96 bits per heavy atom. The number of fused-ring (bicyclic) bond motifs is 3. The van der Waals surface area contributed by atoms with Crippen LogP contribution in [0.1, 0.15) is 15.9 Å². The van der Waals surface area contributed by atoms with E-state index in [2.05, 4.69) is 10.4 Å². The molecule has 0 unspecified atom stereocenters. The third-order valence-electron chi connectivity index (χ3n) is 3.55. The molecule has 0 radical (unpaired) electrons. The number of nitrogens with zero attached hydrogens (tertiary/aromatic N) is 1. The van der Waals surface area contributed by atoms with Gasteiger partial charge in [0.1, 0.15) is 12.1 Å². The van der Waals surface area contributed by atoms with Crippen molar-refractivity contribution in [3.8, 4) is 0 Å². The van der Waals surface area contributed by atoms with Gasteiger partial charge in [-0.25, -0.2) is 0 Å². The molecule has 2 heterocycles. The molecule has 8 nitrogen and oxygen atoms in total. The highest BCUT2D eigenvalue weighted by Gasteiger charge is 2.20. The number of aliphatic carboxylic acids is 1. The molecule has 2 aromatic heterocycles. The summed E-state index contributed by atoms with van der Waals surface area (Å²) in [5.41, 5.74) is 0.364. The molecule has 0 bridgehead atoms. The number of carboxylic acids is 1. The van der Waals surface area contributed by atoms with E-state index in [9.17, 15) is 19.5 Å². The predicted octanol–water partition coefficient (Wildman–Crippen LogP) is 0.0875. The van der Waals surface area contributed by atoms with Crippen LogP contribution in [0, 0.1) is 0 Å². The lowest BCUT2D eigenvalue weighted by Crippen LogP contribution is -2.35. The molecule has 0 saturated carbocycles. The van der Waals surface area contributed by atoms with Gasteiger partial charge in [0.25, 0.3) is 11.5 Å². The van der Waals surface area contributed by atoms with Gasteiger partial charge in [-0.3, -0.25) is 24.0 Å². The van der Waals surface area contributed by atoms with E-state index in [1.807, 2.05) is 12.1 Å². The molecular weight excluding hydrogens is 302 g/mol. The normalized spacial score (nSPS) is 11.0. The molecule has 118 valence electrons. The highest BCUT2D eigenvalue weighted by Crippen LogP contribution is 2.22. The van der Waals surface area contributed by atoms with Crippen molar-refractivity contribution < 1.29 is 19.8 Å². The average Bonchev–Trinajstić information content (AvgIpc) is 2.89. The number of amides is 1. The molecule has 8 heteroatoms. The zero-order valence-corrected chi connectivity index (χ0v) is 11.9. The first-order valence-electron chi connectivity index (χ1n) is 6.79. The Kier molecular flexibility index (Phi) is 3.59. The van der Waals surface area contributed by atoms with E-state index in [4.69, 9.17) is 5.11 Å². The summed E-state index contributed by atoms with van der Waals surface area (Å²) in [7, 11) is 0. The minimum Gasteiger partial charge on any atom is -0.480 e. The van der Waals surface area contributed by atoms with Crippen molar-refractivity contribution in [3.05, 3.63) is 51.8 Å². The molecule has 0 aliphatic carbocycles. The number of aliphatic hydroxyl groups is 1. The minimum absolute atomic E-state index is 0.146. The van der Waals surface area contributed by atoms with E-state index in [0.717, 1.165) is 10.9 Å². The number of carbonyl (C=O) groups is 2. The monoisotopic (exact) mass is 315 g/mol. The van der Waals surface area contributed by atoms with Gasteiger partial charge in [-0.05, 0) is 12.1 Å². The van der Waals surface area contributed by atoms with Crippen LogP contribution in [0.4, 0.5) is 0 Å². The summed E-state index contributed by atoms with van der Waals surface area (Å²) >= 11 is 0. The number of benzene rings is 1. The number of carbonyl (C=O) groups excluding carboxylic acids is 1. The summed E-state index contributed by atoms with van der Waals surface area (Å²) < 4.78 is 1.50. The molecule has 0 atom stereocenters. The summed E-state index contributed by atoms with van der Waals surface area (Å²) in [6, 6.07) is 9.01. The van der Waals surface area contributed by atoms with Crippen LogP contribution in [-0.4, -0.2) is 38.2 Å². The second kappa shape index (κ2) is 5.58. The molecule has 4 N–H and O–H groups in total. The highest BCUT2D eigenvalue weighted by atomic mass is 16.4. The Morgan fingerprint density at radius 1 is 1.22 bits per heavy atom. The van der Waals surface area contributed by atoms with Crippen molar-refractivity contribution >= 4 is 28.3 Å². The number of aromatic amines is 1. The van der Waals surface area contributed by atoms with Gasteiger partial charge in [0.15, 0.2) is 0 Å². The molecule has 0 spiro atoms. The summed E-state index contributed by atoms with van der Waals surface area (Å²) in [5, 5.41) is 23.8. The molecular formula is C15H13N3O5. The number of nitrogens with one attached hydrogen (secondary N) is 2. The fourth-order valence-corrected chi connectivity index (χ4v) is 2.56. The van der Waals surface area contributed by atoms with E-state index < -0.39 is 30.6 Å². The fraction of sp³-hybridized carbons (Fsp3) is 0.133. The molecule has 0 aliphatic rings. The third kappa shape index (κ3) is 2.44. The van der Waals surface area contributed by atoms with Gasteiger partial charge in [-0.2, -0.15) is 0 Å². The Hall–Kier alpha value is -3.13. The number of rotatable bonds is 4. The van der Waals surface area contributed by atoms with Gasteiger partial charge in [-0.1, -0.05) is 18.2 Å². The molecule has 23 heavy (non-hydrogen) atoms. The lowest BCUT2D eigenvalue weighted by Gasteiger charge is -2.09. The van der Waals surface area contributed by atoms with Crippen LogP contribution in [0.15, 0.2) is 35.1 Å². The SMILES string of the molecule is O=C(O)CNC(=O)c1c(CO)c2cc3ccccc3n2[nH]c1=O. The van der Waals surface area contributed by atoms with E-state index in [1.165, 1.54) is 4.52 Å². The lowest BCUT2D eigenvalue weighted by atomic mass is 10.1. The van der Waals surface area contributed by atoms with Crippen LogP contribution in [0.2, 0.25) is 0 Å². The predicted molar refractivity (Wildman–Crippen MR) is 81.4 cm³/mol. The standard InChI is InChI=1S/C15H13N3O5/c19-7-9-11-5-8-3-1-2-4-10(8)18(11)17-15(23)13(9)14(22)16-6-12(20)21/h1-5,19H,6-7H2,(H,16,22)(H,17,23)(H,20,21). The van der Waals surface area contributed by atoms with Crippen LogP contribution < -0.4 is 10.9 Å². The third-order valence-corrected chi connectivity index (χ3v) is 3.55. The Balaban J connectivity index is 2.24. The molecule has 0 fully saturated rings. The van der Waals surface area contributed by atoms with Crippen molar-refractivity contribution in [1.29, 1.82) is 0 Å². The topological polar surface area (TPSA) is 124 Å². The Labute approximate surface area is 129 Å². The van der Waals surface area contributed by atoms with Crippen LogP contribution in [-0.2, 0) is 11.4 Å². The zero-order valence-electron chi connectivity index (χ0n) is 11.9. The van der Waals surface area contributed by atoms with Gasteiger partial charge in [-0.15, -0.1) is 0 Å². The van der Waals surface area contributed by atoms with Gasteiger partial charge in [0.05, 0.1) is 17.6 Å². The maximum atomic E-state index is 12.2. The number of carboxylic acid groups (broad SMARTS) is 1. The van der Waals surface area contributed by atoms with Crippen molar-refractivity contribution in [1.82, 2.24) is 14.9 Å². The van der Waals surface area contributed by atoms with Gasteiger partial charge in [0, 0.05) is 10.9 Å². The summed E-state index contributed by atoms with van der Waals surface area (Å²) in [6.45, 7) is -1.14. The lowest BCUT2D eigenvalue weighted by molar-refractivity contribution is -0.135.